The molecule has 6 aliphatic rings. The Morgan fingerprint density at radius 2 is 1.48 bits per heavy atom. The summed E-state index contributed by atoms with van der Waals surface area (Å²) in [6, 6.07) is 9.63. The molecule has 1 aromatic heterocycles. The van der Waals surface area contributed by atoms with E-state index in [1.165, 1.54) is 83.8 Å². The zero-order valence-electron chi connectivity index (χ0n) is 50.9. The fraction of sp³-hybridized carbons (Fsp3) is 0.603. The Kier molecular flexibility index (Phi) is 23.2. The molecule has 24 nitrogen and oxygen atoms in total. The van der Waals surface area contributed by atoms with Crippen LogP contribution in [-0.4, -0.2) is 200 Å². The molecule has 484 valence electrons. The summed E-state index contributed by atoms with van der Waals surface area (Å²) in [6.45, 7) is 4.91. The number of rotatable bonds is 26. The molecule has 3 aromatic carbocycles. The predicted octanol–water partition coefficient (Wildman–Crippen LogP) is 5.73. The molecule has 3 aliphatic carbocycles. The highest BCUT2D eigenvalue weighted by molar-refractivity contribution is 7.99. The summed E-state index contributed by atoms with van der Waals surface area (Å²) in [5.74, 6) is -3.26. The SMILES string of the molecule is COc1cccc2c1C(=O)c1c(O)c3c(c(O)c1C2=O)C[C@@](O)(C(=O)NNC(=O)CCOCCOCCOCCOCCNC(=O)c1ccc2nc(CSC4CCCCCCCC4)c(CSC)nc2c1)C[C@@H]3O[C@H]1C[C@H]2[C@H](O[C@@H]3[C@@H](OC)OCCN32)[C@H](C)O1. The standard InChI is InChI=1S/C63H82N6O18S2/c1-36-58-45(69-20-23-84-61(79-3)60(69)87-58)31-49(85-36)86-47-33-63(77,32-40-51(47)57(74)53-52(55(40)72)54(71)39-14-11-15-46(78-2)50(39)56(53)73)62(76)68-67-48(70)18-21-80-24-26-82-28-29-83-27-25-81-22-19-64-59(75)37-16-17-41-42(30-37)66-43(34-88-4)44(65-41)35-89-38-12-9-7-5-6-8-10-13-38/h11,14-17,30,36,38,45,47,49,58,60-61,72,74,77H,5-10,12-13,18-29,31-35H2,1-4H3,(H,64,75)(H,67,70)(H,68,76)/t36-,45-,47-,49-,58+,60+,61-,63-/m0/s1. The first-order valence-corrected chi connectivity index (χ1v) is 33.2. The number of phenols is 2. The maximum atomic E-state index is 14.3. The fourth-order valence-corrected chi connectivity index (χ4v) is 14.5. The summed E-state index contributed by atoms with van der Waals surface area (Å²) in [7, 11) is 2.86. The van der Waals surface area contributed by atoms with Crippen molar-refractivity contribution in [3.05, 3.63) is 86.7 Å². The number of ketones is 2. The normalized spacial score (nSPS) is 24.5. The molecule has 89 heavy (non-hydrogen) atoms. The van der Waals surface area contributed by atoms with Gasteiger partial charge in [0.25, 0.3) is 11.8 Å². The molecule has 3 amide bonds. The topological polar surface area (TPSA) is 303 Å². The minimum Gasteiger partial charge on any atom is -0.507 e. The number of phenolic OH excluding ortho intramolecular Hbond substituents is 2. The van der Waals surface area contributed by atoms with Gasteiger partial charge in [-0.3, -0.25) is 39.7 Å². The second-order valence-electron chi connectivity index (χ2n) is 23.0. The van der Waals surface area contributed by atoms with Crippen LogP contribution in [0.1, 0.15) is 148 Å². The Bertz CT molecular complexity index is 3170. The van der Waals surface area contributed by atoms with E-state index in [1.54, 1.807) is 23.9 Å². The molecule has 3 saturated heterocycles. The number of nitrogens with one attached hydrogen (secondary N) is 3. The van der Waals surface area contributed by atoms with Crippen molar-refractivity contribution in [1.29, 1.82) is 0 Å². The molecular weight excluding hydrogens is 1190 g/mol. The number of carbonyl (C=O) groups excluding carboxylic acids is 5. The molecule has 4 aromatic rings. The highest BCUT2D eigenvalue weighted by Gasteiger charge is 2.55. The third kappa shape index (κ3) is 15.5. The van der Waals surface area contributed by atoms with Crippen LogP contribution in [0.15, 0.2) is 36.4 Å². The average molecular weight is 1280 g/mol. The number of thioether (sulfide) groups is 2. The Morgan fingerprint density at radius 1 is 0.798 bits per heavy atom. The minimum absolute atomic E-state index is 0.0342. The van der Waals surface area contributed by atoms with Gasteiger partial charge in [-0.2, -0.15) is 23.5 Å². The first-order valence-electron chi connectivity index (χ1n) is 30.8. The van der Waals surface area contributed by atoms with E-state index < -0.39 is 102 Å². The van der Waals surface area contributed by atoms with Crippen LogP contribution in [0.3, 0.4) is 0 Å². The van der Waals surface area contributed by atoms with Crippen molar-refractivity contribution in [2.45, 2.75) is 149 Å². The number of hydrazine groups is 1. The number of aromatic hydroxyl groups is 2. The van der Waals surface area contributed by atoms with Gasteiger partial charge in [-0.05, 0) is 50.3 Å². The smallest absolute Gasteiger partial charge is 0.270 e. The number of amides is 3. The van der Waals surface area contributed by atoms with Gasteiger partial charge in [0.2, 0.25) is 11.7 Å². The second kappa shape index (κ2) is 31.2. The van der Waals surface area contributed by atoms with Crippen molar-refractivity contribution in [1.82, 2.24) is 31.0 Å². The third-order valence-electron chi connectivity index (χ3n) is 17.2. The predicted molar refractivity (Wildman–Crippen MR) is 327 cm³/mol. The van der Waals surface area contributed by atoms with Crippen LogP contribution in [0.5, 0.6) is 17.2 Å². The number of benzene rings is 3. The Hall–Kier alpha value is -5.59. The summed E-state index contributed by atoms with van der Waals surface area (Å²) in [4.78, 5) is 80.5. The highest BCUT2D eigenvalue weighted by atomic mass is 32.2. The maximum Gasteiger partial charge on any atom is 0.270 e. The largest absolute Gasteiger partial charge is 0.507 e. The number of aromatic nitrogens is 2. The van der Waals surface area contributed by atoms with Crippen LogP contribution in [0.4, 0.5) is 0 Å². The number of nitrogens with zero attached hydrogens (tertiary/aromatic N) is 3. The number of morpholine rings is 1. The van der Waals surface area contributed by atoms with Crippen LogP contribution >= 0.6 is 23.5 Å². The zero-order chi connectivity index (χ0) is 62.6. The number of aliphatic hydroxyl groups is 1. The summed E-state index contributed by atoms with van der Waals surface area (Å²) >= 11 is 3.74. The zero-order valence-corrected chi connectivity index (χ0v) is 52.5. The molecule has 8 atom stereocenters. The van der Waals surface area contributed by atoms with E-state index in [0.717, 1.165) is 28.4 Å². The Labute approximate surface area is 525 Å². The Balaban J connectivity index is 0.635. The quantitative estimate of drug-likeness (QED) is 0.0219. The number of fused-ring (bicyclic) bond motifs is 7. The molecule has 4 heterocycles. The van der Waals surface area contributed by atoms with E-state index in [9.17, 15) is 39.3 Å². The average Bonchev–Trinajstić information content (AvgIpc) is 1.21. The van der Waals surface area contributed by atoms with Gasteiger partial charge in [-0.15, -0.1) is 0 Å². The van der Waals surface area contributed by atoms with Crippen LogP contribution in [0.2, 0.25) is 0 Å². The van der Waals surface area contributed by atoms with Crippen LogP contribution in [-0.2, 0) is 70.1 Å². The van der Waals surface area contributed by atoms with Gasteiger partial charge in [0.15, 0.2) is 30.2 Å². The van der Waals surface area contributed by atoms with Gasteiger partial charge in [-0.1, -0.05) is 50.7 Å². The lowest BCUT2D eigenvalue weighted by molar-refractivity contribution is -0.256. The van der Waals surface area contributed by atoms with Crippen molar-refractivity contribution in [3.8, 4) is 17.2 Å². The van der Waals surface area contributed by atoms with Crippen molar-refractivity contribution in [3.63, 3.8) is 0 Å². The molecule has 0 bridgehead atoms. The van der Waals surface area contributed by atoms with E-state index in [2.05, 4.69) is 27.3 Å². The van der Waals surface area contributed by atoms with Gasteiger partial charge in [0.1, 0.15) is 23.4 Å². The number of ether oxygens (including phenoxy) is 10. The minimum atomic E-state index is -2.43. The van der Waals surface area contributed by atoms with Gasteiger partial charge >= 0.3 is 0 Å². The number of methoxy groups -OCH3 is 2. The summed E-state index contributed by atoms with van der Waals surface area (Å²) in [5, 5.41) is 40.0. The monoisotopic (exact) mass is 1270 g/mol. The fourth-order valence-electron chi connectivity index (χ4n) is 12.7. The van der Waals surface area contributed by atoms with Crippen molar-refractivity contribution < 1.29 is 86.7 Å². The van der Waals surface area contributed by atoms with Gasteiger partial charge < -0.3 is 68.0 Å². The molecule has 0 unspecified atom stereocenters. The van der Waals surface area contributed by atoms with E-state index in [1.807, 2.05) is 24.8 Å². The summed E-state index contributed by atoms with van der Waals surface area (Å²) < 4.78 is 58.4. The van der Waals surface area contributed by atoms with Crippen molar-refractivity contribution in [2.24, 2.45) is 0 Å². The van der Waals surface area contributed by atoms with Crippen LogP contribution in [0.25, 0.3) is 11.0 Å². The van der Waals surface area contributed by atoms with E-state index in [-0.39, 0.29) is 79.2 Å². The highest BCUT2D eigenvalue weighted by Crippen LogP contribution is 2.53. The van der Waals surface area contributed by atoms with E-state index in [0.29, 0.717) is 62.5 Å². The molecule has 4 fully saturated rings. The lowest BCUT2D eigenvalue weighted by Gasteiger charge is -2.43. The van der Waals surface area contributed by atoms with Gasteiger partial charge in [-0.25, -0.2) is 9.97 Å². The second-order valence-corrected chi connectivity index (χ2v) is 25.2. The van der Waals surface area contributed by atoms with E-state index in [4.69, 9.17) is 57.3 Å². The number of hydrogen-bond donors (Lipinski definition) is 6. The number of hydrogen-bond acceptors (Lipinski definition) is 23. The molecule has 26 heteroatoms. The van der Waals surface area contributed by atoms with Crippen LogP contribution < -0.4 is 20.9 Å². The molecule has 0 spiro atoms. The first-order chi connectivity index (χ1) is 43.2. The Morgan fingerprint density at radius 3 is 2.20 bits per heavy atom. The number of carbonyl (C=O) groups is 5. The first kappa shape index (κ1) is 66.3. The molecule has 0 radical (unpaired) electrons. The van der Waals surface area contributed by atoms with Crippen LogP contribution in [0, 0.1) is 0 Å². The maximum absolute atomic E-state index is 14.3. The molecule has 1 saturated carbocycles. The molecule has 3 aliphatic heterocycles. The van der Waals surface area contributed by atoms with Crippen molar-refractivity contribution >= 4 is 63.8 Å². The summed E-state index contributed by atoms with van der Waals surface area (Å²) in [6.07, 6.45) is 6.84. The third-order valence-corrected chi connectivity index (χ3v) is 19.1. The van der Waals surface area contributed by atoms with Gasteiger partial charge in [0, 0.05) is 84.5 Å². The van der Waals surface area contributed by atoms with E-state index >= 15 is 0 Å². The molecule has 10 rings (SSSR count). The summed E-state index contributed by atoms with van der Waals surface area (Å²) in [5.41, 5.74) is 4.65. The molecular formula is C63H82N6O18S2. The van der Waals surface area contributed by atoms with Gasteiger partial charge in [0.05, 0.1) is 124 Å². The lowest BCUT2D eigenvalue weighted by Crippen LogP contribution is -2.57. The molecule has 6 N–H and O–H groups in total. The van der Waals surface area contributed by atoms with Crippen molar-refractivity contribution in [2.75, 3.05) is 93.0 Å². The lowest BCUT2D eigenvalue weighted by atomic mass is 9.72.